The molecule has 5 nitrogen and oxygen atoms in total. The van der Waals surface area contributed by atoms with E-state index in [0.717, 1.165) is 12.1 Å². The average molecular weight is 418 g/mol. The highest BCUT2D eigenvalue weighted by Crippen LogP contribution is 2.39. The summed E-state index contributed by atoms with van der Waals surface area (Å²) in [6.45, 7) is 2.24. The van der Waals surface area contributed by atoms with E-state index in [4.69, 9.17) is 9.47 Å². The summed E-state index contributed by atoms with van der Waals surface area (Å²) in [6, 6.07) is 9.97. The van der Waals surface area contributed by atoms with Crippen LogP contribution in [0.2, 0.25) is 0 Å². The van der Waals surface area contributed by atoms with Crippen molar-refractivity contribution in [3.8, 4) is 33.9 Å². The minimum atomic E-state index is -4.42. The minimum absolute atomic E-state index is 0.295. The Bertz CT molecular complexity index is 1040. The van der Waals surface area contributed by atoms with Gasteiger partial charge in [0, 0.05) is 18.3 Å². The number of nitrogens with one attached hydrogen (secondary N) is 2. The van der Waals surface area contributed by atoms with Gasteiger partial charge < -0.3 is 19.8 Å². The lowest BCUT2D eigenvalue weighted by molar-refractivity contribution is -0.137. The molecule has 0 aliphatic rings. The van der Waals surface area contributed by atoms with Crippen LogP contribution < -0.4 is 14.8 Å². The summed E-state index contributed by atoms with van der Waals surface area (Å²) < 4.78 is 49.4. The van der Waals surface area contributed by atoms with E-state index in [1.54, 1.807) is 31.3 Å². The number of aromatic amines is 1. The van der Waals surface area contributed by atoms with Gasteiger partial charge in [-0.1, -0.05) is 18.2 Å². The van der Waals surface area contributed by atoms with Crippen LogP contribution in [-0.4, -0.2) is 31.7 Å². The third-order valence-corrected chi connectivity index (χ3v) is 4.64. The number of alkyl halides is 3. The molecule has 0 bridgehead atoms. The van der Waals surface area contributed by atoms with E-state index in [1.165, 1.54) is 26.4 Å². The van der Waals surface area contributed by atoms with Gasteiger partial charge in [0.25, 0.3) is 5.91 Å². The molecule has 0 fully saturated rings. The number of hydrogen-bond donors (Lipinski definition) is 2. The summed E-state index contributed by atoms with van der Waals surface area (Å²) in [5, 5.41) is 2.75. The smallest absolute Gasteiger partial charge is 0.416 e. The van der Waals surface area contributed by atoms with Crippen LogP contribution >= 0.6 is 0 Å². The summed E-state index contributed by atoms with van der Waals surface area (Å²) in [5.41, 5.74) is 1.89. The maximum atomic E-state index is 12.9. The summed E-state index contributed by atoms with van der Waals surface area (Å²) in [5.74, 6) is 0.695. The normalized spacial score (nSPS) is 11.3. The first-order chi connectivity index (χ1) is 14.3. The average Bonchev–Trinajstić information content (AvgIpc) is 3.18. The van der Waals surface area contributed by atoms with Gasteiger partial charge in [-0.05, 0) is 42.3 Å². The van der Waals surface area contributed by atoms with Crippen LogP contribution in [0.1, 0.15) is 22.8 Å². The molecule has 3 aromatic rings. The number of rotatable bonds is 6. The van der Waals surface area contributed by atoms with E-state index in [0.29, 0.717) is 46.0 Å². The van der Waals surface area contributed by atoms with Crippen molar-refractivity contribution in [2.75, 3.05) is 20.8 Å². The van der Waals surface area contributed by atoms with Crippen LogP contribution in [-0.2, 0) is 6.18 Å². The largest absolute Gasteiger partial charge is 0.493 e. The van der Waals surface area contributed by atoms with E-state index >= 15 is 0 Å². The molecule has 8 heteroatoms. The summed E-state index contributed by atoms with van der Waals surface area (Å²) in [4.78, 5) is 15.6. The fourth-order valence-electron chi connectivity index (χ4n) is 3.20. The first-order valence-electron chi connectivity index (χ1n) is 9.19. The van der Waals surface area contributed by atoms with Crippen molar-refractivity contribution in [3.05, 3.63) is 59.8 Å². The zero-order valence-corrected chi connectivity index (χ0v) is 16.7. The van der Waals surface area contributed by atoms with E-state index in [9.17, 15) is 18.0 Å². The molecule has 1 aromatic heterocycles. The number of aromatic nitrogens is 1. The molecule has 1 heterocycles. The standard InChI is InChI=1S/C22H21F3N2O3/c1-4-26-21(28)16-12-27-20(13-5-8-15(9-6-13)22(23,24)25)19(16)14-7-10-17(29-2)18(11-14)30-3/h5-12,27H,4H2,1-3H3,(H,26,28). The molecule has 158 valence electrons. The Morgan fingerprint density at radius 1 is 1.00 bits per heavy atom. The van der Waals surface area contributed by atoms with Gasteiger partial charge in [-0.2, -0.15) is 13.2 Å². The van der Waals surface area contributed by atoms with Crippen molar-refractivity contribution >= 4 is 5.91 Å². The molecule has 0 radical (unpaired) electrons. The fraction of sp³-hybridized carbons (Fsp3) is 0.227. The molecule has 0 saturated carbocycles. The third-order valence-electron chi connectivity index (χ3n) is 4.64. The molecule has 0 unspecified atom stereocenters. The van der Waals surface area contributed by atoms with Gasteiger partial charge in [0.05, 0.1) is 31.0 Å². The number of benzene rings is 2. The Kier molecular flexibility index (Phi) is 6.05. The molecule has 2 N–H and O–H groups in total. The van der Waals surface area contributed by atoms with Crippen LogP contribution in [0.5, 0.6) is 11.5 Å². The summed E-state index contributed by atoms with van der Waals surface area (Å²) in [7, 11) is 3.02. The van der Waals surface area contributed by atoms with Crippen LogP contribution in [0.15, 0.2) is 48.7 Å². The van der Waals surface area contributed by atoms with Gasteiger partial charge in [0.15, 0.2) is 11.5 Å². The van der Waals surface area contributed by atoms with Crippen LogP contribution in [0.4, 0.5) is 13.2 Å². The molecule has 0 aliphatic carbocycles. The second kappa shape index (κ2) is 8.52. The van der Waals surface area contributed by atoms with Gasteiger partial charge in [-0.3, -0.25) is 4.79 Å². The second-order valence-electron chi connectivity index (χ2n) is 6.46. The molecule has 3 rings (SSSR count). The second-order valence-corrected chi connectivity index (χ2v) is 6.46. The Hall–Kier alpha value is -3.42. The van der Waals surface area contributed by atoms with Crippen molar-refractivity contribution in [2.24, 2.45) is 0 Å². The van der Waals surface area contributed by atoms with Crippen molar-refractivity contribution in [1.82, 2.24) is 10.3 Å². The van der Waals surface area contributed by atoms with E-state index < -0.39 is 11.7 Å². The number of hydrogen-bond acceptors (Lipinski definition) is 3. The summed E-state index contributed by atoms with van der Waals surface area (Å²) >= 11 is 0. The maximum absolute atomic E-state index is 12.9. The highest BCUT2D eigenvalue weighted by Gasteiger charge is 2.30. The lowest BCUT2D eigenvalue weighted by Gasteiger charge is -2.13. The minimum Gasteiger partial charge on any atom is -0.493 e. The predicted molar refractivity (Wildman–Crippen MR) is 108 cm³/mol. The maximum Gasteiger partial charge on any atom is 0.416 e. The fourth-order valence-corrected chi connectivity index (χ4v) is 3.20. The molecule has 30 heavy (non-hydrogen) atoms. The molecular formula is C22H21F3N2O3. The number of carbonyl (C=O) groups is 1. The number of methoxy groups -OCH3 is 2. The molecule has 1 amide bonds. The van der Waals surface area contributed by atoms with Gasteiger partial charge in [0.2, 0.25) is 0 Å². The Balaban J connectivity index is 2.17. The summed E-state index contributed by atoms with van der Waals surface area (Å²) in [6.07, 6.45) is -2.88. The lowest BCUT2D eigenvalue weighted by Crippen LogP contribution is -2.22. The molecular weight excluding hydrogens is 397 g/mol. The number of H-pyrrole nitrogens is 1. The molecule has 0 spiro atoms. The van der Waals surface area contributed by atoms with Crippen molar-refractivity contribution in [3.63, 3.8) is 0 Å². The van der Waals surface area contributed by atoms with Gasteiger partial charge in [-0.15, -0.1) is 0 Å². The number of amides is 1. The topological polar surface area (TPSA) is 63.4 Å². The third kappa shape index (κ3) is 4.12. The first kappa shape index (κ1) is 21.3. The van der Waals surface area contributed by atoms with Gasteiger partial charge in [0.1, 0.15) is 0 Å². The van der Waals surface area contributed by atoms with Crippen molar-refractivity contribution < 1.29 is 27.4 Å². The highest BCUT2D eigenvalue weighted by molar-refractivity contribution is 6.04. The predicted octanol–water partition coefficient (Wildman–Crippen LogP) is 5.13. The van der Waals surface area contributed by atoms with E-state index in [1.807, 2.05) is 0 Å². The van der Waals surface area contributed by atoms with Gasteiger partial charge in [-0.25, -0.2) is 0 Å². The molecule has 0 aliphatic heterocycles. The van der Waals surface area contributed by atoms with Crippen molar-refractivity contribution in [2.45, 2.75) is 13.1 Å². The Morgan fingerprint density at radius 2 is 1.63 bits per heavy atom. The Morgan fingerprint density at radius 3 is 2.20 bits per heavy atom. The number of carbonyl (C=O) groups excluding carboxylic acids is 1. The molecule has 0 saturated heterocycles. The number of halogens is 3. The first-order valence-corrected chi connectivity index (χ1v) is 9.19. The zero-order valence-electron chi connectivity index (χ0n) is 16.7. The van der Waals surface area contributed by atoms with Crippen LogP contribution in [0.3, 0.4) is 0 Å². The molecule has 0 atom stereocenters. The molecule has 2 aromatic carbocycles. The van der Waals surface area contributed by atoms with Crippen molar-refractivity contribution in [1.29, 1.82) is 0 Å². The monoisotopic (exact) mass is 418 g/mol. The SMILES string of the molecule is CCNC(=O)c1c[nH]c(-c2ccc(C(F)(F)F)cc2)c1-c1ccc(OC)c(OC)c1. The Labute approximate surface area is 171 Å². The highest BCUT2D eigenvalue weighted by atomic mass is 19.4. The van der Waals surface area contributed by atoms with Crippen LogP contribution in [0.25, 0.3) is 22.4 Å². The number of ether oxygens (including phenoxy) is 2. The zero-order chi connectivity index (χ0) is 21.9. The lowest BCUT2D eigenvalue weighted by atomic mass is 9.96. The van der Waals surface area contributed by atoms with E-state index in [2.05, 4.69) is 10.3 Å². The van der Waals surface area contributed by atoms with Gasteiger partial charge >= 0.3 is 6.18 Å². The van der Waals surface area contributed by atoms with E-state index in [-0.39, 0.29) is 5.91 Å². The van der Waals surface area contributed by atoms with Crippen LogP contribution in [0, 0.1) is 0 Å². The quantitative estimate of drug-likeness (QED) is 0.583.